The fraction of sp³-hybridized carbons (Fsp3) is 0.0952. The van der Waals surface area contributed by atoms with Crippen LogP contribution in [-0.4, -0.2) is 15.9 Å². The summed E-state index contributed by atoms with van der Waals surface area (Å²) in [7, 11) is 0. The van der Waals surface area contributed by atoms with E-state index in [9.17, 15) is 4.79 Å². The first kappa shape index (κ1) is 19.0. The molecule has 0 spiro atoms. The molecule has 2 aromatic carbocycles. The molecule has 2 aromatic heterocycles. The minimum absolute atomic E-state index is 0.110. The number of carbonyl (C=O) groups excluding carboxylic acids is 1. The van der Waals surface area contributed by atoms with Gasteiger partial charge in [-0.1, -0.05) is 58.4 Å². The summed E-state index contributed by atoms with van der Waals surface area (Å²) in [5.41, 5.74) is 3.76. The molecule has 1 amide bonds. The van der Waals surface area contributed by atoms with Crippen molar-refractivity contribution < 1.29 is 4.79 Å². The maximum absolute atomic E-state index is 12.4. The van der Waals surface area contributed by atoms with Gasteiger partial charge in [0.2, 0.25) is 5.91 Å². The van der Waals surface area contributed by atoms with Gasteiger partial charge in [-0.3, -0.25) is 4.79 Å². The molecule has 0 aliphatic heterocycles. The van der Waals surface area contributed by atoms with Crippen molar-refractivity contribution in [2.75, 3.05) is 5.32 Å². The first-order valence-corrected chi connectivity index (χ1v) is 11.1. The van der Waals surface area contributed by atoms with Crippen molar-refractivity contribution in [3.05, 3.63) is 75.0 Å². The number of benzene rings is 2. The van der Waals surface area contributed by atoms with Crippen LogP contribution in [0.1, 0.15) is 10.6 Å². The van der Waals surface area contributed by atoms with E-state index in [1.165, 1.54) is 11.3 Å². The lowest BCUT2D eigenvalue weighted by molar-refractivity contribution is -0.115. The normalized spacial score (nSPS) is 10.8. The van der Waals surface area contributed by atoms with Gasteiger partial charge in [0.1, 0.15) is 5.01 Å². The fourth-order valence-corrected chi connectivity index (χ4v) is 4.70. The van der Waals surface area contributed by atoms with E-state index in [1.54, 1.807) is 11.3 Å². The van der Waals surface area contributed by atoms with E-state index in [1.807, 2.05) is 66.9 Å². The summed E-state index contributed by atoms with van der Waals surface area (Å²) in [6.07, 6.45) is 0.232. The number of nitrogens with one attached hydrogen (secondary N) is 1. The van der Waals surface area contributed by atoms with Gasteiger partial charge in [-0.2, -0.15) is 0 Å². The van der Waals surface area contributed by atoms with E-state index >= 15 is 0 Å². The molecule has 0 radical (unpaired) electrons. The summed E-state index contributed by atoms with van der Waals surface area (Å²) >= 11 is 6.47. The second-order valence-corrected chi connectivity index (χ2v) is 9.14. The van der Waals surface area contributed by atoms with Crippen LogP contribution in [0.2, 0.25) is 0 Å². The smallest absolute Gasteiger partial charge is 0.232 e. The highest BCUT2D eigenvalue weighted by Crippen LogP contribution is 2.31. The summed E-state index contributed by atoms with van der Waals surface area (Å²) < 4.78 is 1.02. The molecule has 28 heavy (non-hydrogen) atoms. The highest BCUT2D eigenvalue weighted by atomic mass is 79.9. The van der Waals surface area contributed by atoms with Gasteiger partial charge >= 0.3 is 0 Å². The van der Waals surface area contributed by atoms with Gasteiger partial charge in [0.05, 0.1) is 17.8 Å². The zero-order chi connectivity index (χ0) is 19.5. The molecule has 7 heteroatoms. The third-order valence-electron chi connectivity index (χ3n) is 4.07. The predicted molar refractivity (Wildman–Crippen MR) is 120 cm³/mol. The molecule has 4 nitrogen and oxygen atoms in total. The van der Waals surface area contributed by atoms with E-state index in [-0.39, 0.29) is 12.3 Å². The van der Waals surface area contributed by atoms with Gasteiger partial charge in [0.15, 0.2) is 5.13 Å². The van der Waals surface area contributed by atoms with Crippen LogP contribution in [0.4, 0.5) is 5.13 Å². The third-order valence-corrected chi connectivity index (χ3v) is 6.43. The standard InChI is InChI=1S/C21H16BrN3OS2/c1-13-19(14-7-9-16(22)10-8-14)25-21(28-13)24-18(26)11-17-12-27-20(23-17)15-5-3-2-4-6-15/h2-10,12H,11H2,1H3,(H,24,25,26). The zero-order valence-electron chi connectivity index (χ0n) is 15.0. The Labute approximate surface area is 179 Å². The molecule has 1 N–H and O–H groups in total. The van der Waals surface area contributed by atoms with Crippen LogP contribution in [0.15, 0.2) is 64.5 Å². The molecule has 0 saturated carbocycles. The Balaban J connectivity index is 1.44. The number of amides is 1. The van der Waals surface area contributed by atoms with Gasteiger partial charge in [0.25, 0.3) is 0 Å². The molecule has 0 aliphatic rings. The molecule has 0 unspecified atom stereocenters. The second-order valence-electron chi connectivity index (χ2n) is 6.17. The lowest BCUT2D eigenvalue weighted by Gasteiger charge is -2.00. The number of nitrogens with zero attached hydrogens (tertiary/aromatic N) is 2. The Hall–Kier alpha value is -2.35. The van der Waals surface area contributed by atoms with Crippen molar-refractivity contribution in [3.8, 4) is 21.8 Å². The van der Waals surface area contributed by atoms with Crippen LogP contribution in [0.25, 0.3) is 21.8 Å². The number of halogens is 1. The first-order valence-electron chi connectivity index (χ1n) is 8.61. The predicted octanol–water partition coefficient (Wildman–Crippen LogP) is 6.19. The van der Waals surface area contributed by atoms with E-state index in [4.69, 9.17) is 0 Å². The molecule has 0 atom stereocenters. The molecule has 0 aliphatic carbocycles. The SMILES string of the molecule is Cc1sc(NC(=O)Cc2csc(-c3ccccc3)n2)nc1-c1ccc(Br)cc1. The summed E-state index contributed by atoms with van der Waals surface area (Å²) in [5, 5.41) is 6.37. The number of aryl methyl sites for hydroxylation is 1. The zero-order valence-corrected chi connectivity index (χ0v) is 18.2. The summed E-state index contributed by atoms with van der Waals surface area (Å²) in [5.74, 6) is -0.110. The van der Waals surface area contributed by atoms with Crippen LogP contribution >= 0.6 is 38.6 Å². The maximum Gasteiger partial charge on any atom is 0.232 e. The number of hydrogen-bond donors (Lipinski definition) is 1. The van der Waals surface area contributed by atoms with Crippen molar-refractivity contribution in [2.45, 2.75) is 13.3 Å². The van der Waals surface area contributed by atoms with Crippen molar-refractivity contribution >= 4 is 49.6 Å². The number of rotatable bonds is 5. The monoisotopic (exact) mass is 469 g/mol. The van der Waals surface area contributed by atoms with Crippen LogP contribution < -0.4 is 5.32 Å². The minimum atomic E-state index is -0.110. The highest BCUT2D eigenvalue weighted by Gasteiger charge is 2.14. The first-order chi connectivity index (χ1) is 13.6. The van der Waals surface area contributed by atoms with E-state index in [0.29, 0.717) is 5.13 Å². The molecule has 4 rings (SSSR count). The number of hydrogen-bond acceptors (Lipinski definition) is 5. The number of thiazole rings is 2. The van der Waals surface area contributed by atoms with Crippen LogP contribution in [0.3, 0.4) is 0 Å². The summed E-state index contributed by atoms with van der Waals surface area (Å²) in [6.45, 7) is 2.01. The average molecular weight is 470 g/mol. The Morgan fingerprint density at radius 1 is 1.04 bits per heavy atom. The molecule has 4 aromatic rings. The van der Waals surface area contributed by atoms with Crippen molar-refractivity contribution in [1.82, 2.24) is 9.97 Å². The molecule has 0 bridgehead atoms. The Morgan fingerprint density at radius 3 is 2.54 bits per heavy atom. The van der Waals surface area contributed by atoms with Gasteiger partial charge in [-0.05, 0) is 19.1 Å². The molecule has 140 valence electrons. The molecule has 0 saturated heterocycles. The van der Waals surface area contributed by atoms with Gasteiger partial charge in [-0.25, -0.2) is 9.97 Å². The second kappa shape index (κ2) is 8.34. The molecule has 0 fully saturated rings. The van der Waals surface area contributed by atoms with Crippen LogP contribution in [-0.2, 0) is 11.2 Å². The molecule has 2 heterocycles. The lowest BCUT2D eigenvalue weighted by atomic mass is 10.1. The highest BCUT2D eigenvalue weighted by molar-refractivity contribution is 9.10. The Morgan fingerprint density at radius 2 is 1.79 bits per heavy atom. The molecular formula is C21H16BrN3OS2. The van der Waals surface area contributed by atoms with Crippen molar-refractivity contribution in [1.29, 1.82) is 0 Å². The number of anilines is 1. The Kier molecular flexibility index (Phi) is 5.66. The van der Waals surface area contributed by atoms with Gasteiger partial charge in [-0.15, -0.1) is 22.7 Å². The quantitative estimate of drug-likeness (QED) is 0.379. The summed E-state index contributed by atoms with van der Waals surface area (Å²) in [4.78, 5) is 22.7. The topological polar surface area (TPSA) is 54.9 Å². The van der Waals surface area contributed by atoms with Gasteiger partial charge in [0, 0.05) is 25.9 Å². The van der Waals surface area contributed by atoms with Crippen molar-refractivity contribution in [2.24, 2.45) is 0 Å². The molecular weight excluding hydrogens is 454 g/mol. The summed E-state index contributed by atoms with van der Waals surface area (Å²) in [6, 6.07) is 18.0. The maximum atomic E-state index is 12.4. The van der Waals surface area contributed by atoms with Crippen LogP contribution in [0.5, 0.6) is 0 Å². The van der Waals surface area contributed by atoms with E-state index in [2.05, 4.69) is 31.2 Å². The van der Waals surface area contributed by atoms with E-state index in [0.717, 1.165) is 36.9 Å². The fourth-order valence-electron chi connectivity index (χ4n) is 2.75. The third kappa shape index (κ3) is 4.38. The van der Waals surface area contributed by atoms with Gasteiger partial charge < -0.3 is 5.32 Å². The lowest BCUT2D eigenvalue weighted by Crippen LogP contribution is -2.14. The largest absolute Gasteiger partial charge is 0.302 e. The number of carbonyl (C=O) groups is 1. The Bertz CT molecular complexity index is 1100. The number of aromatic nitrogens is 2. The van der Waals surface area contributed by atoms with E-state index < -0.39 is 0 Å². The average Bonchev–Trinajstić information content (AvgIpc) is 3.30. The minimum Gasteiger partial charge on any atom is -0.302 e. The van der Waals surface area contributed by atoms with Crippen LogP contribution in [0, 0.1) is 6.92 Å². The van der Waals surface area contributed by atoms with Crippen molar-refractivity contribution in [3.63, 3.8) is 0 Å².